The maximum atomic E-state index is 13.1. The van der Waals surface area contributed by atoms with E-state index in [9.17, 15) is 9.59 Å². The largest absolute Gasteiger partial charge is 0.497 e. The second-order valence-electron chi connectivity index (χ2n) is 7.17. The van der Waals surface area contributed by atoms with Crippen molar-refractivity contribution in [3.63, 3.8) is 0 Å². The zero-order valence-corrected chi connectivity index (χ0v) is 16.8. The van der Waals surface area contributed by atoms with E-state index in [2.05, 4.69) is 5.32 Å². The van der Waals surface area contributed by atoms with Gasteiger partial charge < -0.3 is 10.1 Å². The molecule has 2 aromatic rings. The Labute approximate surface area is 173 Å². The average Bonchev–Trinajstić information content (AvgIpc) is 2.69. The Morgan fingerprint density at radius 2 is 1.64 bits per heavy atom. The number of nitrogens with one attached hydrogen (secondary N) is 1. The van der Waals surface area contributed by atoms with Crippen LogP contribution in [0, 0.1) is 0 Å². The molecule has 0 fully saturated rings. The van der Waals surface area contributed by atoms with E-state index in [0.29, 0.717) is 28.5 Å². The normalized spacial score (nSPS) is 22.0. The van der Waals surface area contributed by atoms with Crippen molar-refractivity contribution in [3.05, 3.63) is 74.9 Å². The fourth-order valence-electron chi connectivity index (χ4n) is 4.09. The van der Waals surface area contributed by atoms with E-state index >= 15 is 0 Å². The molecule has 1 N–H and O–H groups in total. The lowest BCUT2D eigenvalue weighted by Crippen LogP contribution is -2.38. The Morgan fingerprint density at radius 3 is 2.32 bits per heavy atom. The lowest BCUT2D eigenvalue weighted by atomic mass is 9.73. The zero-order valence-electron chi connectivity index (χ0n) is 15.3. The standard InChI is InChI=1S/C22H19Cl2NO3/c1-28-15-5-2-12(3-6-15)14-9-19-22(20(26)10-14)16(11-21(27)25-19)13-4-7-17(23)18(24)8-13/h2-8,14,16H,9-11H2,1H3,(H,25,27)/t14-,16-/m0/s1. The first-order valence-electron chi connectivity index (χ1n) is 9.11. The molecule has 2 aliphatic rings. The summed E-state index contributed by atoms with van der Waals surface area (Å²) >= 11 is 12.2. The van der Waals surface area contributed by atoms with E-state index in [-0.39, 0.29) is 29.9 Å². The number of rotatable bonds is 3. The van der Waals surface area contributed by atoms with Crippen molar-refractivity contribution in [3.8, 4) is 5.75 Å². The quantitative estimate of drug-likeness (QED) is 0.766. The van der Waals surface area contributed by atoms with Gasteiger partial charge in [-0.1, -0.05) is 41.4 Å². The number of carbonyl (C=O) groups excluding carboxylic acids is 2. The number of carbonyl (C=O) groups is 2. The number of ketones is 1. The van der Waals surface area contributed by atoms with Crippen LogP contribution in [0.25, 0.3) is 0 Å². The molecule has 1 aliphatic carbocycles. The first-order chi connectivity index (χ1) is 13.5. The minimum atomic E-state index is -0.289. The molecule has 0 radical (unpaired) electrons. The van der Waals surface area contributed by atoms with Gasteiger partial charge in [-0.3, -0.25) is 9.59 Å². The van der Waals surface area contributed by atoms with Gasteiger partial charge in [-0.25, -0.2) is 0 Å². The maximum Gasteiger partial charge on any atom is 0.225 e. The SMILES string of the molecule is COc1ccc([C@@H]2CC(=O)C3=C(C2)NC(=O)C[C@H]3c2ccc(Cl)c(Cl)c2)cc1. The second-order valence-corrected chi connectivity index (χ2v) is 7.99. The highest BCUT2D eigenvalue weighted by Crippen LogP contribution is 2.43. The molecule has 1 heterocycles. The molecule has 0 spiro atoms. The Balaban J connectivity index is 1.69. The van der Waals surface area contributed by atoms with Gasteiger partial charge in [-0.2, -0.15) is 0 Å². The van der Waals surface area contributed by atoms with Gasteiger partial charge in [0.2, 0.25) is 5.91 Å². The van der Waals surface area contributed by atoms with Crippen LogP contribution in [0.15, 0.2) is 53.7 Å². The van der Waals surface area contributed by atoms with Gasteiger partial charge >= 0.3 is 0 Å². The molecule has 6 heteroatoms. The number of benzene rings is 2. The number of hydrogen-bond acceptors (Lipinski definition) is 3. The molecular formula is C22H19Cl2NO3. The predicted octanol–water partition coefficient (Wildman–Crippen LogP) is 5.01. The predicted molar refractivity (Wildman–Crippen MR) is 109 cm³/mol. The topological polar surface area (TPSA) is 55.4 Å². The van der Waals surface area contributed by atoms with Crippen LogP contribution in [0.5, 0.6) is 5.75 Å². The van der Waals surface area contributed by atoms with Crippen LogP contribution in [0.4, 0.5) is 0 Å². The van der Waals surface area contributed by atoms with Gasteiger partial charge in [0.05, 0.1) is 17.2 Å². The number of methoxy groups -OCH3 is 1. The molecule has 0 saturated heterocycles. The van der Waals surface area contributed by atoms with Crippen molar-refractivity contribution in [1.82, 2.24) is 5.32 Å². The first-order valence-corrected chi connectivity index (χ1v) is 9.87. The van der Waals surface area contributed by atoms with Gasteiger partial charge in [-0.05, 0) is 47.7 Å². The smallest absolute Gasteiger partial charge is 0.225 e. The lowest BCUT2D eigenvalue weighted by molar-refractivity contribution is -0.122. The summed E-state index contributed by atoms with van der Waals surface area (Å²) in [5, 5.41) is 3.81. The van der Waals surface area contributed by atoms with Crippen LogP contribution in [0.2, 0.25) is 10.0 Å². The van der Waals surface area contributed by atoms with Crippen molar-refractivity contribution < 1.29 is 14.3 Å². The minimum Gasteiger partial charge on any atom is -0.497 e. The third-order valence-electron chi connectivity index (χ3n) is 5.47. The highest BCUT2D eigenvalue weighted by Gasteiger charge is 2.38. The molecule has 28 heavy (non-hydrogen) atoms. The minimum absolute atomic E-state index is 0.0324. The molecule has 0 aromatic heterocycles. The monoisotopic (exact) mass is 415 g/mol. The van der Waals surface area contributed by atoms with E-state index in [1.165, 1.54) is 0 Å². The van der Waals surface area contributed by atoms with Crippen molar-refractivity contribution in [2.24, 2.45) is 0 Å². The molecule has 0 bridgehead atoms. The number of Topliss-reactive ketones (excluding diaryl/α,β-unsaturated/α-hetero) is 1. The maximum absolute atomic E-state index is 13.1. The number of ether oxygens (including phenoxy) is 1. The zero-order chi connectivity index (χ0) is 19.8. The van der Waals surface area contributed by atoms with Gasteiger partial charge in [-0.15, -0.1) is 0 Å². The van der Waals surface area contributed by atoms with E-state index in [1.54, 1.807) is 19.2 Å². The molecule has 1 aliphatic heterocycles. The lowest BCUT2D eigenvalue weighted by Gasteiger charge is -2.34. The number of amides is 1. The highest BCUT2D eigenvalue weighted by atomic mass is 35.5. The Morgan fingerprint density at radius 1 is 0.929 bits per heavy atom. The van der Waals surface area contributed by atoms with Crippen molar-refractivity contribution >= 4 is 34.9 Å². The fraction of sp³-hybridized carbons (Fsp3) is 0.273. The summed E-state index contributed by atoms with van der Waals surface area (Å²) in [5.41, 5.74) is 3.33. The van der Waals surface area contributed by atoms with E-state index < -0.39 is 0 Å². The summed E-state index contributed by atoms with van der Waals surface area (Å²) in [6.07, 6.45) is 1.27. The summed E-state index contributed by atoms with van der Waals surface area (Å²) in [7, 11) is 1.62. The van der Waals surface area contributed by atoms with Gasteiger partial charge in [0.15, 0.2) is 5.78 Å². The van der Waals surface area contributed by atoms with E-state index in [4.69, 9.17) is 27.9 Å². The molecule has 2 aromatic carbocycles. The van der Waals surface area contributed by atoms with Crippen LogP contribution in [0.1, 0.15) is 42.2 Å². The van der Waals surface area contributed by atoms with Crippen LogP contribution in [0.3, 0.4) is 0 Å². The molecule has 2 atom stereocenters. The van der Waals surface area contributed by atoms with Crippen LogP contribution < -0.4 is 10.1 Å². The van der Waals surface area contributed by atoms with E-state index in [0.717, 1.165) is 22.6 Å². The highest BCUT2D eigenvalue weighted by molar-refractivity contribution is 6.42. The van der Waals surface area contributed by atoms with E-state index in [1.807, 2.05) is 30.3 Å². The summed E-state index contributed by atoms with van der Waals surface area (Å²) in [4.78, 5) is 25.4. The molecule has 4 nitrogen and oxygen atoms in total. The summed E-state index contributed by atoms with van der Waals surface area (Å²) in [6, 6.07) is 13.0. The molecular weight excluding hydrogens is 397 g/mol. The average molecular weight is 416 g/mol. The fourth-order valence-corrected chi connectivity index (χ4v) is 4.39. The summed E-state index contributed by atoms with van der Waals surface area (Å²) in [6.45, 7) is 0. The Hall–Kier alpha value is -2.30. The van der Waals surface area contributed by atoms with Crippen LogP contribution >= 0.6 is 23.2 Å². The second kappa shape index (κ2) is 7.61. The molecule has 0 saturated carbocycles. The van der Waals surface area contributed by atoms with Crippen molar-refractivity contribution in [2.75, 3.05) is 7.11 Å². The third kappa shape index (κ3) is 3.54. The van der Waals surface area contributed by atoms with Crippen LogP contribution in [-0.2, 0) is 9.59 Å². The molecule has 4 rings (SSSR count). The summed E-state index contributed by atoms with van der Waals surface area (Å²) in [5.74, 6) is 0.500. The first kappa shape index (κ1) is 19.0. The van der Waals surface area contributed by atoms with Gasteiger partial charge in [0.25, 0.3) is 0 Å². The molecule has 0 unspecified atom stereocenters. The molecule has 144 valence electrons. The third-order valence-corrected chi connectivity index (χ3v) is 6.21. The van der Waals surface area contributed by atoms with Gasteiger partial charge in [0.1, 0.15) is 5.75 Å². The number of hydrogen-bond donors (Lipinski definition) is 1. The number of allylic oxidation sites excluding steroid dienone is 2. The Kier molecular flexibility index (Phi) is 5.17. The summed E-state index contributed by atoms with van der Waals surface area (Å²) < 4.78 is 5.21. The van der Waals surface area contributed by atoms with Crippen LogP contribution in [-0.4, -0.2) is 18.8 Å². The van der Waals surface area contributed by atoms with Gasteiger partial charge in [0, 0.05) is 30.0 Å². The number of halogens is 2. The van der Waals surface area contributed by atoms with Crippen molar-refractivity contribution in [1.29, 1.82) is 0 Å². The van der Waals surface area contributed by atoms with Crippen molar-refractivity contribution in [2.45, 2.75) is 31.1 Å². The molecule has 1 amide bonds. The Bertz CT molecular complexity index is 982.